The summed E-state index contributed by atoms with van der Waals surface area (Å²) in [5, 5.41) is 58.9. The van der Waals surface area contributed by atoms with E-state index >= 15 is 0 Å². The fraction of sp³-hybridized carbons (Fsp3) is 0.875. The Morgan fingerprint density at radius 1 is 0.962 bits per heavy atom. The first-order valence-electron chi connectivity index (χ1n) is 8.69. The van der Waals surface area contributed by atoms with Gasteiger partial charge in [0.2, 0.25) is 6.29 Å². The first-order valence-corrected chi connectivity index (χ1v) is 8.69. The largest absolute Gasteiger partial charge is 0.472 e. The molecule has 0 radical (unpaired) electrons. The van der Waals surface area contributed by atoms with Crippen LogP contribution >= 0.6 is 0 Å². The molecule has 10 nitrogen and oxygen atoms in total. The van der Waals surface area contributed by atoms with Crippen molar-refractivity contribution in [3.63, 3.8) is 0 Å². The van der Waals surface area contributed by atoms with E-state index in [4.69, 9.17) is 18.9 Å². The molecule has 4 aliphatic rings. The van der Waals surface area contributed by atoms with Crippen molar-refractivity contribution in [2.24, 2.45) is 11.8 Å². The van der Waals surface area contributed by atoms with Gasteiger partial charge in [0.1, 0.15) is 36.1 Å². The molecule has 0 amide bonds. The molecule has 6 N–H and O–H groups in total. The van der Waals surface area contributed by atoms with Crippen LogP contribution < -0.4 is 0 Å². The molecule has 26 heavy (non-hydrogen) atoms. The average molecular weight is 376 g/mol. The maximum Gasteiger partial charge on any atom is 0.208 e. The Labute approximate surface area is 149 Å². The van der Waals surface area contributed by atoms with Gasteiger partial charge in [0.15, 0.2) is 6.29 Å². The molecule has 0 spiro atoms. The zero-order valence-corrected chi connectivity index (χ0v) is 13.9. The lowest BCUT2D eigenvalue weighted by molar-refractivity contribution is -0.344. The van der Waals surface area contributed by atoms with Gasteiger partial charge >= 0.3 is 0 Å². The van der Waals surface area contributed by atoms with Gasteiger partial charge in [0.25, 0.3) is 0 Å². The van der Waals surface area contributed by atoms with Crippen LogP contribution in [0.15, 0.2) is 12.3 Å². The molecule has 0 unspecified atom stereocenters. The first kappa shape index (κ1) is 18.5. The summed E-state index contributed by atoms with van der Waals surface area (Å²) in [5.41, 5.74) is -0.789. The van der Waals surface area contributed by atoms with Crippen LogP contribution in [0, 0.1) is 11.8 Å². The molecule has 148 valence electrons. The number of aliphatic hydroxyl groups is 6. The molecule has 3 aliphatic heterocycles. The van der Waals surface area contributed by atoms with Gasteiger partial charge in [-0.25, -0.2) is 0 Å². The number of hydrogen-bond donors (Lipinski definition) is 6. The van der Waals surface area contributed by atoms with Crippen LogP contribution in [-0.2, 0) is 18.9 Å². The van der Waals surface area contributed by atoms with Gasteiger partial charge in [0, 0.05) is 18.9 Å². The van der Waals surface area contributed by atoms with Crippen LogP contribution in [-0.4, -0.2) is 98.7 Å². The van der Waals surface area contributed by atoms with E-state index in [9.17, 15) is 30.6 Å². The lowest BCUT2D eigenvalue weighted by atomic mass is 9.84. The van der Waals surface area contributed by atoms with Crippen molar-refractivity contribution in [3.05, 3.63) is 12.3 Å². The standard InChI is InChI=1S/C16H24O10/c17-3-2-16-8-6(9(19)13(16)26-16)1-4-23-14(8)25-15-12(22)11(21)10(20)7(5-18)24-15/h1,4,6-15,17-22H,2-3,5H2/t6-,7-,8-,9+,10-,11+,12-,13+,14+,15+,16-/m1/s1. The highest BCUT2D eigenvalue weighted by atomic mass is 16.8. The van der Waals surface area contributed by atoms with E-state index in [2.05, 4.69) is 0 Å². The maximum atomic E-state index is 10.4. The molecule has 1 aliphatic carbocycles. The van der Waals surface area contributed by atoms with Crippen molar-refractivity contribution in [1.29, 1.82) is 0 Å². The fourth-order valence-corrected chi connectivity index (χ4v) is 4.48. The minimum atomic E-state index is -1.56. The molecule has 0 aromatic carbocycles. The highest BCUT2D eigenvalue weighted by molar-refractivity contribution is 5.24. The third-order valence-corrected chi connectivity index (χ3v) is 5.88. The van der Waals surface area contributed by atoms with Crippen LogP contribution in [0.5, 0.6) is 0 Å². The summed E-state index contributed by atoms with van der Waals surface area (Å²) in [6, 6.07) is 0. The fourth-order valence-electron chi connectivity index (χ4n) is 4.48. The Hall–Kier alpha value is -0.820. The van der Waals surface area contributed by atoms with Gasteiger partial charge in [-0.2, -0.15) is 0 Å². The van der Waals surface area contributed by atoms with Gasteiger partial charge < -0.3 is 49.6 Å². The van der Waals surface area contributed by atoms with Crippen molar-refractivity contribution in [2.75, 3.05) is 13.2 Å². The SMILES string of the molecule is OCC[C@]12O[C@H]1[C@@H](O)[C@@H]1C=CO[C@@H](O[C@@H]3O[C@H](CO)[C@@H](O)[C@H](O)[C@H]3O)[C@@H]12. The second-order valence-corrected chi connectivity index (χ2v) is 7.23. The van der Waals surface area contributed by atoms with E-state index in [-0.39, 0.29) is 12.5 Å². The number of aliphatic hydroxyl groups excluding tert-OH is 6. The third kappa shape index (κ3) is 2.60. The Kier molecular flexibility index (Phi) is 4.75. The lowest BCUT2D eigenvalue weighted by Crippen LogP contribution is -2.60. The minimum absolute atomic E-state index is 0.136. The minimum Gasteiger partial charge on any atom is -0.472 e. The summed E-state index contributed by atoms with van der Waals surface area (Å²) in [6.07, 6.45) is -5.86. The first-order chi connectivity index (χ1) is 12.4. The molecule has 11 atom stereocenters. The average Bonchev–Trinajstić information content (AvgIpc) is 3.31. The normalized spacial score (nSPS) is 55.2. The summed E-state index contributed by atoms with van der Waals surface area (Å²) >= 11 is 0. The van der Waals surface area contributed by atoms with Crippen molar-refractivity contribution < 1.29 is 49.6 Å². The van der Waals surface area contributed by atoms with Gasteiger partial charge in [-0.1, -0.05) is 0 Å². The molecule has 2 saturated heterocycles. The van der Waals surface area contributed by atoms with Crippen LogP contribution in [0.2, 0.25) is 0 Å². The molecule has 0 bridgehead atoms. The van der Waals surface area contributed by atoms with Crippen molar-refractivity contribution in [3.8, 4) is 0 Å². The topological polar surface area (TPSA) is 162 Å². The number of hydrogen-bond acceptors (Lipinski definition) is 10. The van der Waals surface area contributed by atoms with Crippen molar-refractivity contribution >= 4 is 0 Å². The monoisotopic (exact) mass is 376 g/mol. The third-order valence-electron chi connectivity index (χ3n) is 5.88. The number of fused-ring (bicyclic) bond motifs is 3. The van der Waals surface area contributed by atoms with E-state index in [1.54, 1.807) is 6.08 Å². The smallest absolute Gasteiger partial charge is 0.208 e. The predicted molar refractivity (Wildman–Crippen MR) is 81.2 cm³/mol. The van der Waals surface area contributed by atoms with Crippen LogP contribution in [0.25, 0.3) is 0 Å². The van der Waals surface area contributed by atoms with Crippen molar-refractivity contribution in [2.45, 2.75) is 61.2 Å². The molecule has 3 heterocycles. The van der Waals surface area contributed by atoms with Gasteiger partial charge in [-0.15, -0.1) is 0 Å². The lowest BCUT2D eigenvalue weighted by Gasteiger charge is -2.43. The summed E-state index contributed by atoms with van der Waals surface area (Å²) in [5.74, 6) is -0.768. The van der Waals surface area contributed by atoms with Gasteiger partial charge in [-0.05, 0) is 6.08 Å². The van der Waals surface area contributed by atoms with Crippen LogP contribution in [0.3, 0.4) is 0 Å². The second-order valence-electron chi connectivity index (χ2n) is 7.23. The molecule has 0 aromatic heterocycles. The molecular formula is C16H24O10. The van der Waals surface area contributed by atoms with E-state index in [1.807, 2.05) is 0 Å². The summed E-state index contributed by atoms with van der Waals surface area (Å²) in [4.78, 5) is 0. The quantitative estimate of drug-likeness (QED) is 0.270. The Balaban J connectivity index is 1.53. The number of rotatable bonds is 5. The number of epoxide rings is 1. The second kappa shape index (κ2) is 6.66. The Morgan fingerprint density at radius 3 is 2.42 bits per heavy atom. The maximum absolute atomic E-state index is 10.4. The van der Waals surface area contributed by atoms with Crippen LogP contribution in [0.1, 0.15) is 6.42 Å². The van der Waals surface area contributed by atoms with E-state index in [0.717, 1.165) is 0 Å². The summed E-state index contributed by atoms with van der Waals surface area (Å²) < 4.78 is 22.3. The zero-order chi connectivity index (χ0) is 18.6. The molecule has 4 rings (SSSR count). The highest BCUT2D eigenvalue weighted by Gasteiger charge is 2.75. The zero-order valence-electron chi connectivity index (χ0n) is 13.9. The Bertz CT molecular complexity index is 555. The van der Waals surface area contributed by atoms with Crippen LogP contribution in [0.4, 0.5) is 0 Å². The van der Waals surface area contributed by atoms with Gasteiger partial charge in [-0.3, -0.25) is 0 Å². The molecule has 10 heteroatoms. The highest BCUT2D eigenvalue weighted by Crippen LogP contribution is 2.61. The number of ether oxygens (including phenoxy) is 4. The summed E-state index contributed by atoms with van der Waals surface area (Å²) in [7, 11) is 0. The summed E-state index contributed by atoms with van der Waals surface area (Å²) in [6.45, 7) is -0.705. The Morgan fingerprint density at radius 2 is 1.73 bits per heavy atom. The van der Waals surface area contributed by atoms with E-state index < -0.39 is 67.3 Å². The molecule has 0 aromatic rings. The van der Waals surface area contributed by atoms with E-state index in [0.29, 0.717) is 6.42 Å². The molecular weight excluding hydrogens is 352 g/mol. The molecule has 3 fully saturated rings. The predicted octanol–water partition coefficient (Wildman–Crippen LogP) is -3.20. The molecule has 1 saturated carbocycles. The van der Waals surface area contributed by atoms with E-state index in [1.165, 1.54) is 6.26 Å². The van der Waals surface area contributed by atoms with Crippen molar-refractivity contribution in [1.82, 2.24) is 0 Å². The van der Waals surface area contributed by atoms with Gasteiger partial charge in [0.05, 0.1) is 24.9 Å².